The van der Waals surface area contributed by atoms with Crippen molar-refractivity contribution < 1.29 is 4.74 Å². The molecule has 0 aromatic rings. The largest absolute Gasteiger partial charge is 0.381 e. The van der Waals surface area contributed by atoms with Crippen LogP contribution in [0.2, 0.25) is 0 Å². The molecule has 1 aliphatic heterocycles. The SMILES string of the molecule is C[C@@H]1[CH]COC1. The van der Waals surface area contributed by atoms with Crippen molar-refractivity contribution in [3.8, 4) is 0 Å². The van der Waals surface area contributed by atoms with Crippen LogP contribution in [-0.2, 0) is 4.74 Å². The van der Waals surface area contributed by atoms with E-state index in [-0.39, 0.29) is 0 Å². The Morgan fingerprint density at radius 3 is 2.83 bits per heavy atom. The summed E-state index contributed by atoms with van der Waals surface area (Å²) in [6.45, 7) is 3.95. The lowest BCUT2D eigenvalue weighted by atomic mass is 10.2. The summed E-state index contributed by atoms with van der Waals surface area (Å²) >= 11 is 0. The Hall–Kier alpha value is -0.0400. The summed E-state index contributed by atoms with van der Waals surface area (Å²) in [6.07, 6.45) is 2.18. The van der Waals surface area contributed by atoms with Crippen LogP contribution in [0.5, 0.6) is 0 Å². The van der Waals surface area contributed by atoms with Crippen LogP contribution in [0.4, 0.5) is 0 Å². The highest BCUT2D eigenvalue weighted by Gasteiger charge is 2.08. The quantitative estimate of drug-likeness (QED) is 0.424. The van der Waals surface area contributed by atoms with Gasteiger partial charge in [-0.3, -0.25) is 0 Å². The van der Waals surface area contributed by atoms with E-state index in [1.54, 1.807) is 0 Å². The first-order chi connectivity index (χ1) is 2.89. The Morgan fingerprint density at radius 2 is 2.67 bits per heavy atom. The van der Waals surface area contributed by atoms with E-state index in [2.05, 4.69) is 13.3 Å². The van der Waals surface area contributed by atoms with E-state index in [9.17, 15) is 0 Å². The molecule has 0 aromatic heterocycles. The summed E-state index contributed by atoms with van der Waals surface area (Å²) < 4.78 is 5.00. The molecule has 6 heavy (non-hydrogen) atoms. The topological polar surface area (TPSA) is 9.23 Å². The fraction of sp³-hybridized carbons (Fsp3) is 0.800. The Balaban J connectivity index is 2.18. The highest BCUT2D eigenvalue weighted by molar-refractivity contribution is 4.76. The molecule has 1 heterocycles. The van der Waals surface area contributed by atoms with E-state index in [1.807, 2.05) is 0 Å². The summed E-state index contributed by atoms with van der Waals surface area (Å²) in [5.74, 6) is 0.699. The van der Waals surface area contributed by atoms with E-state index < -0.39 is 0 Å². The minimum Gasteiger partial charge on any atom is -0.381 e. The molecule has 1 rings (SSSR count). The molecule has 0 amide bonds. The summed E-state index contributed by atoms with van der Waals surface area (Å²) in [5, 5.41) is 0. The molecule has 0 saturated carbocycles. The number of hydrogen-bond acceptors (Lipinski definition) is 1. The van der Waals surface area contributed by atoms with E-state index >= 15 is 0 Å². The molecule has 0 unspecified atom stereocenters. The minimum atomic E-state index is 0.699. The molecule has 0 bridgehead atoms. The van der Waals surface area contributed by atoms with E-state index in [4.69, 9.17) is 4.74 Å². The van der Waals surface area contributed by atoms with Gasteiger partial charge in [0, 0.05) is 6.61 Å². The van der Waals surface area contributed by atoms with Gasteiger partial charge in [0.15, 0.2) is 0 Å². The first-order valence-electron chi connectivity index (χ1n) is 2.30. The second-order valence-corrected chi connectivity index (χ2v) is 1.75. The van der Waals surface area contributed by atoms with E-state index in [1.165, 1.54) is 0 Å². The molecule has 0 aromatic carbocycles. The highest BCUT2D eigenvalue weighted by atomic mass is 16.5. The van der Waals surface area contributed by atoms with Crippen molar-refractivity contribution in [3.63, 3.8) is 0 Å². The third-order valence-electron chi connectivity index (χ3n) is 0.997. The molecule has 1 aliphatic rings. The van der Waals surface area contributed by atoms with Gasteiger partial charge in [0.25, 0.3) is 0 Å². The van der Waals surface area contributed by atoms with Gasteiger partial charge in [-0.15, -0.1) is 0 Å². The second-order valence-electron chi connectivity index (χ2n) is 1.75. The van der Waals surface area contributed by atoms with Crippen LogP contribution in [0.3, 0.4) is 0 Å². The van der Waals surface area contributed by atoms with Crippen molar-refractivity contribution >= 4 is 0 Å². The number of rotatable bonds is 0. The van der Waals surface area contributed by atoms with Crippen molar-refractivity contribution in [2.75, 3.05) is 13.2 Å². The molecule has 1 atom stereocenters. The van der Waals surface area contributed by atoms with Crippen LogP contribution in [0.25, 0.3) is 0 Å². The molecule has 1 saturated heterocycles. The van der Waals surface area contributed by atoms with Gasteiger partial charge in [-0.25, -0.2) is 0 Å². The van der Waals surface area contributed by atoms with Crippen molar-refractivity contribution in [2.24, 2.45) is 5.92 Å². The Morgan fingerprint density at radius 1 is 1.83 bits per heavy atom. The molecule has 1 radical (unpaired) electrons. The Bertz CT molecular complexity index is 37.2. The van der Waals surface area contributed by atoms with Crippen molar-refractivity contribution in [1.29, 1.82) is 0 Å². The van der Waals surface area contributed by atoms with E-state index in [0.29, 0.717) is 5.92 Å². The van der Waals surface area contributed by atoms with Crippen LogP contribution in [0, 0.1) is 12.3 Å². The summed E-state index contributed by atoms with van der Waals surface area (Å²) in [4.78, 5) is 0. The first kappa shape index (κ1) is 4.13. The summed E-state index contributed by atoms with van der Waals surface area (Å²) in [5.41, 5.74) is 0. The van der Waals surface area contributed by atoms with Crippen molar-refractivity contribution in [3.05, 3.63) is 6.42 Å². The standard InChI is InChI=1S/C5H9O/c1-5-2-3-6-4-5/h2,5H,3-4H2,1H3/t5-/m1/s1. The fourth-order valence-electron chi connectivity index (χ4n) is 0.554. The third-order valence-corrected chi connectivity index (χ3v) is 0.997. The fourth-order valence-corrected chi connectivity index (χ4v) is 0.554. The average molecular weight is 85.1 g/mol. The lowest BCUT2D eigenvalue weighted by Gasteiger charge is -1.88. The van der Waals surface area contributed by atoms with Gasteiger partial charge in [0.1, 0.15) is 0 Å². The molecule has 1 fully saturated rings. The van der Waals surface area contributed by atoms with Gasteiger partial charge < -0.3 is 4.74 Å². The molecule has 0 spiro atoms. The summed E-state index contributed by atoms with van der Waals surface area (Å²) in [7, 11) is 0. The lowest BCUT2D eigenvalue weighted by molar-refractivity contribution is 0.191. The summed E-state index contributed by atoms with van der Waals surface area (Å²) in [6, 6.07) is 0. The maximum atomic E-state index is 5.00. The second kappa shape index (κ2) is 1.61. The van der Waals surface area contributed by atoms with Gasteiger partial charge >= 0.3 is 0 Å². The maximum absolute atomic E-state index is 5.00. The van der Waals surface area contributed by atoms with Crippen LogP contribution >= 0.6 is 0 Å². The molecular formula is C5H9O. The maximum Gasteiger partial charge on any atom is 0.0501 e. The van der Waals surface area contributed by atoms with Gasteiger partial charge in [-0.1, -0.05) is 6.92 Å². The van der Waals surface area contributed by atoms with Crippen LogP contribution < -0.4 is 0 Å². The predicted octanol–water partition coefficient (Wildman–Crippen LogP) is 0.857. The smallest absolute Gasteiger partial charge is 0.0501 e. The van der Waals surface area contributed by atoms with Gasteiger partial charge in [-0.2, -0.15) is 0 Å². The van der Waals surface area contributed by atoms with E-state index in [0.717, 1.165) is 13.2 Å². The normalized spacial score (nSPS) is 34.5. The number of ether oxygens (including phenoxy) is 1. The van der Waals surface area contributed by atoms with Crippen molar-refractivity contribution in [1.82, 2.24) is 0 Å². The van der Waals surface area contributed by atoms with Gasteiger partial charge in [0.2, 0.25) is 0 Å². The molecular weight excluding hydrogens is 76.1 g/mol. The van der Waals surface area contributed by atoms with Crippen LogP contribution in [0.1, 0.15) is 6.92 Å². The van der Waals surface area contributed by atoms with Gasteiger partial charge in [-0.05, 0) is 12.3 Å². The zero-order valence-corrected chi connectivity index (χ0v) is 3.98. The van der Waals surface area contributed by atoms with Crippen molar-refractivity contribution in [2.45, 2.75) is 6.92 Å². The molecule has 1 nitrogen and oxygen atoms in total. The van der Waals surface area contributed by atoms with Crippen LogP contribution in [-0.4, -0.2) is 13.2 Å². The molecule has 0 N–H and O–H groups in total. The zero-order valence-electron chi connectivity index (χ0n) is 3.98. The Labute approximate surface area is 38.3 Å². The number of hydrogen-bond donors (Lipinski definition) is 0. The first-order valence-corrected chi connectivity index (χ1v) is 2.30. The minimum absolute atomic E-state index is 0.699. The highest BCUT2D eigenvalue weighted by Crippen LogP contribution is 2.07. The predicted molar refractivity (Wildman–Crippen MR) is 24.3 cm³/mol. The zero-order chi connectivity index (χ0) is 4.41. The Kier molecular flexibility index (Phi) is 1.10. The van der Waals surface area contributed by atoms with Crippen LogP contribution in [0.15, 0.2) is 0 Å². The third kappa shape index (κ3) is 0.716. The monoisotopic (exact) mass is 85.1 g/mol. The average Bonchev–Trinajstić information content (AvgIpc) is 1.86. The molecule has 1 heteroatoms. The molecule has 0 aliphatic carbocycles. The molecule has 35 valence electrons. The lowest BCUT2D eigenvalue weighted by Crippen LogP contribution is -1.88. The van der Waals surface area contributed by atoms with Gasteiger partial charge in [0.05, 0.1) is 6.61 Å².